The van der Waals surface area contributed by atoms with Crippen LogP contribution in [0.15, 0.2) is 35.8 Å². The Hall–Kier alpha value is -1.18. The minimum Gasteiger partial charge on any atom is -0.456 e. The van der Waals surface area contributed by atoms with E-state index in [2.05, 4.69) is 26.8 Å². The summed E-state index contributed by atoms with van der Waals surface area (Å²) in [6.45, 7) is 6.34. The second-order valence-corrected chi connectivity index (χ2v) is 3.75. The molecular weight excluding hydrogens is 176 g/mol. The lowest BCUT2D eigenvalue weighted by atomic mass is 10.1. The highest BCUT2D eigenvalue weighted by molar-refractivity contribution is 5.04. The van der Waals surface area contributed by atoms with Crippen molar-refractivity contribution in [2.24, 2.45) is 0 Å². The van der Waals surface area contributed by atoms with Gasteiger partial charge in [-0.05, 0) is 39.7 Å². The molecule has 0 atom stereocenters. The number of ether oxygens (including phenoxy) is 2. The van der Waals surface area contributed by atoms with Crippen LogP contribution < -0.4 is 0 Å². The van der Waals surface area contributed by atoms with Crippen LogP contribution in [0.4, 0.5) is 0 Å². The normalized spacial score (nSPS) is 16.4. The average molecular weight is 194 g/mol. The maximum Gasteiger partial charge on any atom is 0.259 e. The van der Waals surface area contributed by atoms with Crippen molar-refractivity contribution in [1.82, 2.24) is 0 Å². The molecule has 1 rings (SSSR count). The quantitative estimate of drug-likeness (QED) is 0.637. The van der Waals surface area contributed by atoms with E-state index in [9.17, 15) is 0 Å². The molecule has 0 N–H and O–H groups in total. The third-order valence-electron chi connectivity index (χ3n) is 1.99. The minimum atomic E-state index is -0.207. The van der Waals surface area contributed by atoms with Crippen LogP contribution in [0.3, 0.4) is 0 Å². The van der Waals surface area contributed by atoms with Gasteiger partial charge in [0, 0.05) is 0 Å². The van der Waals surface area contributed by atoms with Gasteiger partial charge in [0.15, 0.2) is 0 Å². The Labute approximate surface area is 85.9 Å². The van der Waals surface area contributed by atoms with Gasteiger partial charge in [-0.15, -0.1) is 0 Å². The SMILES string of the molecule is CC(C)=CCCC(C)=CC1OC=CO1. The van der Waals surface area contributed by atoms with Gasteiger partial charge in [-0.1, -0.05) is 17.2 Å². The van der Waals surface area contributed by atoms with Crippen molar-refractivity contribution in [2.75, 3.05) is 0 Å². The smallest absolute Gasteiger partial charge is 0.259 e. The van der Waals surface area contributed by atoms with Gasteiger partial charge in [-0.2, -0.15) is 0 Å². The summed E-state index contributed by atoms with van der Waals surface area (Å²) in [4.78, 5) is 0. The van der Waals surface area contributed by atoms with Gasteiger partial charge < -0.3 is 9.47 Å². The highest BCUT2D eigenvalue weighted by atomic mass is 16.7. The minimum absolute atomic E-state index is 0.207. The zero-order chi connectivity index (χ0) is 10.4. The molecule has 0 aromatic heterocycles. The van der Waals surface area contributed by atoms with E-state index in [0.29, 0.717) is 0 Å². The van der Waals surface area contributed by atoms with Crippen LogP contribution in [-0.4, -0.2) is 6.29 Å². The molecule has 2 nitrogen and oxygen atoms in total. The first kappa shape index (κ1) is 10.9. The Morgan fingerprint density at radius 3 is 2.43 bits per heavy atom. The first-order chi connectivity index (χ1) is 6.68. The maximum absolute atomic E-state index is 5.16. The van der Waals surface area contributed by atoms with E-state index in [-0.39, 0.29) is 6.29 Å². The molecule has 14 heavy (non-hydrogen) atoms. The predicted octanol–water partition coefficient (Wildman–Crippen LogP) is 3.52. The Bertz CT molecular complexity index is 249. The van der Waals surface area contributed by atoms with Crippen molar-refractivity contribution in [3.05, 3.63) is 35.8 Å². The summed E-state index contributed by atoms with van der Waals surface area (Å²) >= 11 is 0. The zero-order valence-electron chi connectivity index (χ0n) is 9.12. The summed E-state index contributed by atoms with van der Waals surface area (Å²) in [5.74, 6) is 0. The Morgan fingerprint density at radius 1 is 1.21 bits per heavy atom. The fourth-order valence-electron chi connectivity index (χ4n) is 1.23. The summed E-state index contributed by atoms with van der Waals surface area (Å²) in [6.07, 6.45) is 9.35. The van der Waals surface area contributed by atoms with Crippen molar-refractivity contribution >= 4 is 0 Å². The van der Waals surface area contributed by atoms with Gasteiger partial charge in [0.1, 0.15) is 12.5 Å². The third-order valence-corrected chi connectivity index (χ3v) is 1.99. The maximum atomic E-state index is 5.16. The lowest BCUT2D eigenvalue weighted by molar-refractivity contribution is 0.0184. The topological polar surface area (TPSA) is 18.5 Å². The molecule has 78 valence electrons. The van der Waals surface area contributed by atoms with Crippen molar-refractivity contribution < 1.29 is 9.47 Å². The van der Waals surface area contributed by atoms with E-state index in [1.807, 2.05) is 6.08 Å². The first-order valence-corrected chi connectivity index (χ1v) is 4.95. The van der Waals surface area contributed by atoms with Crippen LogP contribution in [0.1, 0.15) is 33.6 Å². The second kappa shape index (κ2) is 5.53. The molecule has 1 heterocycles. The van der Waals surface area contributed by atoms with Crippen molar-refractivity contribution in [3.8, 4) is 0 Å². The van der Waals surface area contributed by atoms with Crippen LogP contribution in [0, 0.1) is 0 Å². The Balaban J connectivity index is 2.26. The molecule has 0 bridgehead atoms. The van der Waals surface area contributed by atoms with Crippen LogP contribution in [0.25, 0.3) is 0 Å². The average Bonchev–Trinajstić information content (AvgIpc) is 2.56. The fourth-order valence-corrected chi connectivity index (χ4v) is 1.23. The van der Waals surface area contributed by atoms with E-state index in [1.165, 1.54) is 11.1 Å². The molecule has 0 saturated heterocycles. The molecule has 1 aliphatic heterocycles. The van der Waals surface area contributed by atoms with E-state index in [4.69, 9.17) is 9.47 Å². The van der Waals surface area contributed by atoms with E-state index in [0.717, 1.165) is 12.8 Å². The number of hydrogen-bond acceptors (Lipinski definition) is 2. The first-order valence-electron chi connectivity index (χ1n) is 4.95. The highest BCUT2D eigenvalue weighted by Crippen LogP contribution is 2.12. The van der Waals surface area contributed by atoms with Crippen LogP contribution in [0.5, 0.6) is 0 Å². The van der Waals surface area contributed by atoms with Gasteiger partial charge >= 0.3 is 0 Å². The molecule has 0 spiro atoms. The molecular formula is C12H18O2. The van der Waals surface area contributed by atoms with Crippen LogP contribution in [0.2, 0.25) is 0 Å². The molecule has 0 radical (unpaired) electrons. The molecule has 0 aromatic carbocycles. The standard InChI is InChI=1S/C12H18O2/c1-10(2)5-4-6-11(3)9-12-13-7-8-14-12/h5,7-9,12H,4,6H2,1-3H3. The molecule has 2 heteroatoms. The molecule has 0 aliphatic carbocycles. The predicted molar refractivity (Wildman–Crippen MR) is 57.5 cm³/mol. The second-order valence-electron chi connectivity index (χ2n) is 3.75. The number of hydrogen-bond donors (Lipinski definition) is 0. The van der Waals surface area contributed by atoms with Gasteiger partial charge in [0.25, 0.3) is 6.29 Å². The van der Waals surface area contributed by atoms with Crippen LogP contribution in [-0.2, 0) is 9.47 Å². The summed E-state index contributed by atoms with van der Waals surface area (Å²) in [5, 5.41) is 0. The molecule has 0 saturated carbocycles. The highest BCUT2D eigenvalue weighted by Gasteiger charge is 2.07. The number of rotatable bonds is 4. The molecule has 0 aromatic rings. The van der Waals surface area contributed by atoms with E-state index in [1.54, 1.807) is 12.5 Å². The lowest BCUT2D eigenvalue weighted by Gasteiger charge is -2.06. The van der Waals surface area contributed by atoms with Crippen molar-refractivity contribution in [3.63, 3.8) is 0 Å². The van der Waals surface area contributed by atoms with Gasteiger partial charge in [-0.25, -0.2) is 0 Å². The van der Waals surface area contributed by atoms with Crippen LogP contribution >= 0.6 is 0 Å². The van der Waals surface area contributed by atoms with Gasteiger partial charge in [0.05, 0.1) is 0 Å². The molecule has 0 fully saturated rings. The largest absolute Gasteiger partial charge is 0.456 e. The summed E-state index contributed by atoms with van der Waals surface area (Å²) in [6, 6.07) is 0. The molecule has 0 unspecified atom stereocenters. The van der Waals surface area contributed by atoms with E-state index >= 15 is 0 Å². The fraction of sp³-hybridized carbons (Fsp3) is 0.500. The molecule has 0 amide bonds. The lowest BCUT2D eigenvalue weighted by Crippen LogP contribution is -2.03. The summed E-state index contributed by atoms with van der Waals surface area (Å²) in [7, 11) is 0. The van der Waals surface area contributed by atoms with Gasteiger partial charge in [0.2, 0.25) is 0 Å². The van der Waals surface area contributed by atoms with Crippen molar-refractivity contribution in [1.29, 1.82) is 0 Å². The number of allylic oxidation sites excluding steroid dienone is 3. The van der Waals surface area contributed by atoms with E-state index < -0.39 is 0 Å². The molecule has 1 aliphatic rings. The Kier molecular flexibility index (Phi) is 4.30. The Morgan fingerprint density at radius 2 is 1.86 bits per heavy atom. The van der Waals surface area contributed by atoms with Gasteiger partial charge in [-0.3, -0.25) is 0 Å². The monoisotopic (exact) mass is 194 g/mol. The summed E-state index contributed by atoms with van der Waals surface area (Å²) < 4.78 is 10.3. The third kappa shape index (κ3) is 4.17. The summed E-state index contributed by atoms with van der Waals surface area (Å²) in [5.41, 5.74) is 2.67. The zero-order valence-corrected chi connectivity index (χ0v) is 9.12. The van der Waals surface area contributed by atoms with Crippen molar-refractivity contribution in [2.45, 2.75) is 39.9 Å².